The Morgan fingerprint density at radius 3 is 2.32 bits per heavy atom. The lowest BCUT2D eigenvalue weighted by Crippen LogP contribution is -2.41. The molecule has 0 radical (unpaired) electrons. The van der Waals surface area contributed by atoms with Gasteiger partial charge in [0.25, 0.3) is 0 Å². The lowest BCUT2D eigenvalue weighted by atomic mass is 10.1. The Bertz CT molecular complexity index is 445. The highest BCUT2D eigenvalue weighted by Crippen LogP contribution is 2.24. The van der Waals surface area contributed by atoms with E-state index in [2.05, 4.69) is 0 Å². The molecular formula is C11H10Cl2F3NO2. The Kier molecular flexibility index (Phi) is 5.46. The van der Waals surface area contributed by atoms with Crippen molar-refractivity contribution < 1.29 is 23.1 Å². The number of amides is 1. The average Bonchev–Trinajstić information content (AvgIpc) is 2.29. The van der Waals surface area contributed by atoms with Crippen LogP contribution in [0.4, 0.5) is 13.2 Å². The minimum absolute atomic E-state index is 0.249. The third-order valence-electron chi connectivity index (χ3n) is 2.27. The molecule has 0 bridgehead atoms. The Labute approximate surface area is 117 Å². The van der Waals surface area contributed by atoms with Gasteiger partial charge >= 0.3 is 6.18 Å². The van der Waals surface area contributed by atoms with Crippen LogP contribution in [-0.4, -0.2) is 29.8 Å². The van der Waals surface area contributed by atoms with Gasteiger partial charge in [-0.2, -0.15) is 13.2 Å². The summed E-state index contributed by atoms with van der Waals surface area (Å²) in [5.74, 6) is -0.710. The molecule has 8 heteroatoms. The number of carbonyl (C=O) groups is 1. The number of benzene rings is 1. The van der Waals surface area contributed by atoms with Crippen LogP contribution in [0.2, 0.25) is 10.0 Å². The SMILES string of the molecule is O=C(Cc1c(Cl)cccc1Cl)NCC(O)C(F)(F)F. The molecule has 0 spiro atoms. The summed E-state index contributed by atoms with van der Waals surface area (Å²) in [6, 6.07) is 4.61. The minimum Gasteiger partial charge on any atom is -0.382 e. The first-order valence-electron chi connectivity index (χ1n) is 5.16. The highest BCUT2D eigenvalue weighted by atomic mass is 35.5. The van der Waals surface area contributed by atoms with Gasteiger partial charge in [0.15, 0.2) is 6.10 Å². The maximum atomic E-state index is 12.0. The molecular weight excluding hydrogens is 306 g/mol. The zero-order valence-corrected chi connectivity index (χ0v) is 11.0. The third kappa shape index (κ3) is 4.89. The van der Waals surface area contributed by atoms with Gasteiger partial charge in [0.2, 0.25) is 5.91 Å². The first-order valence-corrected chi connectivity index (χ1v) is 5.91. The van der Waals surface area contributed by atoms with Crippen molar-refractivity contribution in [2.75, 3.05) is 6.54 Å². The molecule has 1 aromatic carbocycles. The van der Waals surface area contributed by atoms with Gasteiger partial charge in [0.1, 0.15) is 0 Å². The Morgan fingerprint density at radius 1 is 1.32 bits per heavy atom. The van der Waals surface area contributed by atoms with Crippen LogP contribution >= 0.6 is 23.2 Å². The van der Waals surface area contributed by atoms with Crippen molar-refractivity contribution in [3.8, 4) is 0 Å². The van der Waals surface area contributed by atoms with Gasteiger partial charge in [-0.25, -0.2) is 0 Å². The average molecular weight is 316 g/mol. The molecule has 0 saturated heterocycles. The molecule has 1 rings (SSSR count). The van der Waals surface area contributed by atoms with E-state index in [0.717, 1.165) is 0 Å². The number of aliphatic hydroxyl groups is 1. The van der Waals surface area contributed by atoms with E-state index in [1.54, 1.807) is 6.07 Å². The van der Waals surface area contributed by atoms with Gasteiger partial charge in [-0.3, -0.25) is 4.79 Å². The summed E-state index contributed by atoms with van der Waals surface area (Å²) in [6.45, 7) is -0.912. The normalized spacial score (nSPS) is 13.2. The molecule has 106 valence electrons. The highest BCUT2D eigenvalue weighted by molar-refractivity contribution is 6.36. The number of aliphatic hydroxyl groups excluding tert-OH is 1. The highest BCUT2D eigenvalue weighted by Gasteiger charge is 2.38. The fourth-order valence-electron chi connectivity index (χ4n) is 1.25. The van der Waals surface area contributed by atoms with Crippen LogP contribution in [0.1, 0.15) is 5.56 Å². The zero-order valence-electron chi connectivity index (χ0n) is 9.47. The van der Waals surface area contributed by atoms with E-state index in [1.165, 1.54) is 12.1 Å². The molecule has 0 saturated carbocycles. The van der Waals surface area contributed by atoms with Crippen LogP contribution in [0.25, 0.3) is 0 Å². The van der Waals surface area contributed by atoms with Crippen LogP contribution in [0, 0.1) is 0 Å². The molecule has 1 unspecified atom stereocenters. The molecule has 0 aliphatic rings. The lowest BCUT2D eigenvalue weighted by molar-refractivity contribution is -0.201. The monoisotopic (exact) mass is 315 g/mol. The van der Waals surface area contributed by atoms with E-state index in [1.807, 2.05) is 5.32 Å². The van der Waals surface area contributed by atoms with Gasteiger partial charge in [0.05, 0.1) is 13.0 Å². The molecule has 1 amide bonds. The van der Waals surface area contributed by atoms with Crippen molar-refractivity contribution in [3.63, 3.8) is 0 Å². The largest absolute Gasteiger partial charge is 0.416 e. The molecule has 0 heterocycles. The summed E-state index contributed by atoms with van der Waals surface area (Å²) in [6.07, 6.45) is -7.63. The predicted molar refractivity (Wildman–Crippen MR) is 65.2 cm³/mol. The fraction of sp³-hybridized carbons (Fsp3) is 0.364. The molecule has 1 aromatic rings. The topological polar surface area (TPSA) is 49.3 Å². The van der Waals surface area contributed by atoms with E-state index in [4.69, 9.17) is 28.3 Å². The second-order valence-electron chi connectivity index (χ2n) is 3.74. The summed E-state index contributed by atoms with van der Waals surface area (Å²) < 4.78 is 36.0. The summed E-state index contributed by atoms with van der Waals surface area (Å²) in [5, 5.41) is 11.2. The van der Waals surface area contributed by atoms with Gasteiger partial charge in [-0.15, -0.1) is 0 Å². The maximum absolute atomic E-state index is 12.0. The predicted octanol–water partition coefficient (Wildman–Crippen LogP) is 2.58. The number of nitrogens with one attached hydrogen (secondary N) is 1. The molecule has 3 nitrogen and oxygen atoms in total. The van der Waals surface area contributed by atoms with Crippen molar-refractivity contribution in [2.45, 2.75) is 18.7 Å². The number of carbonyl (C=O) groups excluding carboxylic acids is 1. The first kappa shape index (κ1) is 16.1. The molecule has 2 N–H and O–H groups in total. The van der Waals surface area contributed by atoms with E-state index >= 15 is 0 Å². The summed E-state index contributed by atoms with van der Waals surface area (Å²) in [5.41, 5.74) is 0.324. The number of halogens is 5. The van der Waals surface area contributed by atoms with Crippen molar-refractivity contribution in [2.24, 2.45) is 0 Å². The number of alkyl halides is 3. The molecule has 19 heavy (non-hydrogen) atoms. The Morgan fingerprint density at radius 2 is 1.84 bits per heavy atom. The maximum Gasteiger partial charge on any atom is 0.416 e. The Hall–Kier alpha value is -0.980. The zero-order chi connectivity index (χ0) is 14.6. The van der Waals surface area contributed by atoms with Crippen molar-refractivity contribution >= 4 is 29.1 Å². The second-order valence-corrected chi connectivity index (χ2v) is 4.55. The van der Waals surface area contributed by atoms with Crippen molar-refractivity contribution in [1.29, 1.82) is 0 Å². The quantitative estimate of drug-likeness (QED) is 0.897. The number of hydrogen-bond donors (Lipinski definition) is 2. The first-order chi connectivity index (χ1) is 8.71. The Balaban J connectivity index is 2.57. The van der Waals surface area contributed by atoms with Crippen molar-refractivity contribution in [1.82, 2.24) is 5.32 Å². The van der Waals surface area contributed by atoms with Gasteiger partial charge in [0, 0.05) is 10.0 Å². The lowest BCUT2D eigenvalue weighted by Gasteiger charge is -2.15. The van der Waals surface area contributed by atoms with Crippen molar-refractivity contribution in [3.05, 3.63) is 33.8 Å². The third-order valence-corrected chi connectivity index (χ3v) is 2.98. The number of hydrogen-bond acceptors (Lipinski definition) is 2. The van der Waals surface area contributed by atoms with E-state index < -0.39 is 24.7 Å². The van der Waals surface area contributed by atoms with E-state index in [-0.39, 0.29) is 16.5 Å². The number of rotatable bonds is 4. The summed E-state index contributed by atoms with van der Waals surface area (Å²) >= 11 is 11.6. The fourth-order valence-corrected chi connectivity index (χ4v) is 1.78. The van der Waals surface area contributed by atoms with Crippen LogP contribution < -0.4 is 5.32 Å². The van der Waals surface area contributed by atoms with E-state index in [9.17, 15) is 18.0 Å². The smallest absolute Gasteiger partial charge is 0.382 e. The summed E-state index contributed by atoms with van der Waals surface area (Å²) in [7, 11) is 0. The molecule has 1 atom stereocenters. The standard InChI is InChI=1S/C11H10Cl2F3NO2/c12-7-2-1-3-8(13)6(7)4-10(19)17-5-9(18)11(14,15)16/h1-3,9,18H,4-5H2,(H,17,19). The van der Waals surface area contributed by atoms with Crippen LogP contribution in [0.15, 0.2) is 18.2 Å². The van der Waals surface area contributed by atoms with Gasteiger partial charge in [-0.05, 0) is 17.7 Å². The second kappa shape index (κ2) is 6.45. The molecule has 0 aliphatic heterocycles. The van der Waals surface area contributed by atoms with E-state index in [0.29, 0.717) is 5.56 Å². The minimum atomic E-state index is -4.77. The molecule has 0 aliphatic carbocycles. The molecule has 0 fully saturated rings. The van der Waals surface area contributed by atoms with Gasteiger partial charge in [-0.1, -0.05) is 29.3 Å². The van der Waals surface area contributed by atoms with Gasteiger partial charge < -0.3 is 10.4 Å². The summed E-state index contributed by atoms with van der Waals surface area (Å²) in [4.78, 5) is 11.4. The van der Waals surface area contributed by atoms with Crippen LogP contribution in [0.3, 0.4) is 0 Å². The van der Waals surface area contributed by atoms with Crippen LogP contribution in [-0.2, 0) is 11.2 Å². The molecule has 0 aromatic heterocycles. The van der Waals surface area contributed by atoms with Crippen LogP contribution in [0.5, 0.6) is 0 Å².